The van der Waals surface area contributed by atoms with E-state index in [0.717, 1.165) is 40.8 Å². The minimum absolute atomic E-state index is 0.133. The van der Waals surface area contributed by atoms with Gasteiger partial charge in [0.1, 0.15) is 22.9 Å². The van der Waals surface area contributed by atoms with Crippen molar-refractivity contribution in [3.63, 3.8) is 0 Å². The predicted molar refractivity (Wildman–Crippen MR) is 84.6 cm³/mol. The maximum Gasteiger partial charge on any atom is 0.308 e. The molecular weight excluding hydrogens is 280 g/mol. The quantitative estimate of drug-likeness (QED) is 0.632. The number of ether oxygens (including phenoxy) is 2. The second-order valence-electron chi connectivity index (χ2n) is 6.54. The van der Waals surface area contributed by atoms with Gasteiger partial charge < -0.3 is 9.47 Å². The number of esters is 1. The van der Waals surface area contributed by atoms with Crippen LogP contribution in [0.2, 0.25) is 0 Å². The van der Waals surface area contributed by atoms with Crippen LogP contribution in [0.4, 0.5) is 0 Å². The fourth-order valence-electron chi connectivity index (χ4n) is 3.23. The molecule has 0 saturated heterocycles. The van der Waals surface area contributed by atoms with Crippen LogP contribution in [0, 0.1) is 20.8 Å². The lowest BCUT2D eigenvalue weighted by molar-refractivity contribution is -0.132. The molecule has 4 heteroatoms. The van der Waals surface area contributed by atoms with E-state index in [1.54, 1.807) is 6.92 Å². The molecule has 1 atom stereocenters. The standard InChI is InChI=1S/C18H24O4/c1-10(19)9-18(6)8-7-15-13(4)16(21-14(5)20)11(2)12(3)17(15)22-18/h7-9H2,1-6H3. The normalized spacial score (nSPS) is 20.1. The van der Waals surface area contributed by atoms with Gasteiger partial charge in [-0.2, -0.15) is 0 Å². The molecule has 0 N–H and O–H groups in total. The van der Waals surface area contributed by atoms with Crippen LogP contribution in [0.3, 0.4) is 0 Å². The summed E-state index contributed by atoms with van der Waals surface area (Å²) < 4.78 is 11.6. The van der Waals surface area contributed by atoms with Gasteiger partial charge in [0.05, 0.1) is 0 Å². The average Bonchev–Trinajstić information content (AvgIpc) is 2.39. The average molecular weight is 304 g/mol. The number of hydrogen-bond acceptors (Lipinski definition) is 4. The van der Waals surface area contributed by atoms with E-state index in [9.17, 15) is 9.59 Å². The van der Waals surface area contributed by atoms with Gasteiger partial charge in [0.15, 0.2) is 0 Å². The van der Waals surface area contributed by atoms with E-state index in [4.69, 9.17) is 9.47 Å². The molecule has 22 heavy (non-hydrogen) atoms. The van der Waals surface area contributed by atoms with E-state index < -0.39 is 5.60 Å². The number of ketones is 1. The van der Waals surface area contributed by atoms with Gasteiger partial charge in [0.2, 0.25) is 0 Å². The van der Waals surface area contributed by atoms with Gasteiger partial charge in [-0.15, -0.1) is 0 Å². The van der Waals surface area contributed by atoms with E-state index in [2.05, 4.69) is 0 Å². The third-order valence-electron chi connectivity index (χ3n) is 4.43. The van der Waals surface area contributed by atoms with Crippen molar-refractivity contribution in [2.45, 2.75) is 66.4 Å². The van der Waals surface area contributed by atoms with Crippen LogP contribution in [-0.2, 0) is 16.0 Å². The molecule has 0 saturated carbocycles. The van der Waals surface area contributed by atoms with Gasteiger partial charge in [-0.1, -0.05) is 0 Å². The molecular formula is C18H24O4. The van der Waals surface area contributed by atoms with Crippen molar-refractivity contribution in [1.82, 2.24) is 0 Å². The third kappa shape index (κ3) is 3.01. The van der Waals surface area contributed by atoms with Gasteiger partial charge in [0.25, 0.3) is 0 Å². The van der Waals surface area contributed by atoms with Crippen molar-refractivity contribution in [2.24, 2.45) is 0 Å². The zero-order valence-corrected chi connectivity index (χ0v) is 14.3. The van der Waals surface area contributed by atoms with Crippen molar-refractivity contribution < 1.29 is 19.1 Å². The fourth-order valence-corrected chi connectivity index (χ4v) is 3.23. The highest BCUT2D eigenvalue weighted by atomic mass is 16.5. The first-order valence-corrected chi connectivity index (χ1v) is 7.64. The monoisotopic (exact) mass is 304 g/mol. The molecule has 1 heterocycles. The Labute approximate surface area is 131 Å². The predicted octanol–water partition coefficient (Wildman–Crippen LogP) is 3.60. The second kappa shape index (κ2) is 5.75. The Morgan fingerprint density at radius 1 is 1.14 bits per heavy atom. The first-order chi connectivity index (χ1) is 10.1. The van der Waals surface area contributed by atoms with Crippen molar-refractivity contribution in [3.8, 4) is 11.5 Å². The van der Waals surface area contributed by atoms with Crippen molar-refractivity contribution in [1.29, 1.82) is 0 Å². The fraction of sp³-hybridized carbons (Fsp3) is 0.556. The summed E-state index contributed by atoms with van der Waals surface area (Å²) in [5, 5.41) is 0. The molecule has 1 aliphatic heterocycles. The summed E-state index contributed by atoms with van der Waals surface area (Å²) in [5.41, 5.74) is 3.48. The summed E-state index contributed by atoms with van der Waals surface area (Å²) in [6.07, 6.45) is 2.01. The number of benzene rings is 1. The van der Waals surface area contributed by atoms with Crippen LogP contribution < -0.4 is 9.47 Å². The van der Waals surface area contributed by atoms with Gasteiger partial charge >= 0.3 is 5.97 Å². The van der Waals surface area contributed by atoms with E-state index in [-0.39, 0.29) is 11.8 Å². The lowest BCUT2D eigenvalue weighted by atomic mass is 9.85. The molecule has 2 rings (SSSR count). The highest BCUT2D eigenvalue weighted by Crippen LogP contribution is 2.44. The summed E-state index contributed by atoms with van der Waals surface area (Å²) >= 11 is 0. The Morgan fingerprint density at radius 2 is 1.77 bits per heavy atom. The van der Waals surface area contributed by atoms with Gasteiger partial charge in [0, 0.05) is 18.9 Å². The molecule has 0 amide bonds. The van der Waals surface area contributed by atoms with Crippen LogP contribution >= 0.6 is 0 Å². The van der Waals surface area contributed by atoms with Crippen molar-refractivity contribution in [2.75, 3.05) is 0 Å². The van der Waals surface area contributed by atoms with Crippen LogP contribution in [0.15, 0.2) is 0 Å². The summed E-state index contributed by atoms with van der Waals surface area (Å²) in [6.45, 7) is 10.9. The molecule has 0 fully saturated rings. The summed E-state index contributed by atoms with van der Waals surface area (Å²) in [6, 6.07) is 0. The molecule has 0 aromatic heterocycles. The maximum absolute atomic E-state index is 11.5. The number of rotatable bonds is 3. The summed E-state index contributed by atoms with van der Waals surface area (Å²) in [4.78, 5) is 22.8. The summed E-state index contributed by atoms with van der Waals surface area (Å²) in [5.74, 6) is 1.31. The minimum atomic E-state index is -0.453. The highest BCUT2D eigenvalue weighted by Gasteiger charge is 2.35. The molecule has 0 radical (unpaired) electrons. The van der Waals surface area contributed by atoms with Crippen molar-refractivity contribution >= 4 is 11.8 Å². The number of hydrogen-bond donors (Lipinski definition) is 0. The maximum atomic E-state index is 11.5. The number of carbonyl (C=O) groups excluding carboxylic acids is 2. The Hall–Kier alpha value is -1.84. The smallest absolute Gasteiger partial charge is 0.308 e. The zero-order valence-electron chi connectivity index (χ0n) is 14.3. The minimum Gasteiger partial charge on any atom is -0.487 e. The highest BCUT2D eigenvalue weighted by molar-refractivity contribution is 5.77. The van der Waals surface area contributed by atoms with Crippen molar-refractivity contribution in [3.05, 3.63) is 22.3 Å². The first kappa shape index (κ1) is 16.5. The van der Waals surface area contributed by atoms with Gasteiger partial charge in [-0.25, -0.2) is 0 Å². The number of carbonyl (C=O) groups is 2. The lowest BCUT2D eigenvalue weighted by Crippen LogP contribution is -2.38. The molecule has 1 unspecified atom stereocenters. The van der Waals surface area contributed by atoms with E-state index >= 15 is 0 Å². The topological polar surface area (TPSA) is 52.6 Å². The van der Waals surface area contributed by atoms with Gasteiger partial charge in [-0.05, 0) is 64.2 Å². The van der Waals surface area contributed by atoms with Crippen LogP contribution in [0.1, 0.15) is 55.9 Å². The van der Waals surface area contributed by atoms with Crippen LogP contribution in [0.5, 0.6) is 11.5 Å². The van der Waals surface area contributed by atoms with E-state index in [0.29, 0.717) is 12.2 Å². The Balaban J connectivity index is 2.50. The van der Waals surface area contributed by atoms with Crippen LogP contribution in [0.25, 0.3) is 0 Å². The molecule has 120 valence electrons. The van der Waals surface area contributed by atoms with E-state index in [1.165, 1.54) is 6.92 Å². The zero-order chi connectivity index (χ0) is 16.7. The Morgan fingerprint density at radius 3 is 2.32 bits per heavy atom. The molecule has 0 spiro atoms. The molecule has 0 aliphatic carbocycles. The molecule has 1 aliphatic rings. The van der Waals surface area contributed by atoms with Gasteiger partial charge in [-0.3, -0.25) is 9.59 Å². The third-order valence-corrected chi connectivity index (χ3v) is 4.43. The number of Topliss-reactive ketones (excluding diaryl/α,β-unsaturated/α-hetero) is 1. The largest absolute Gasteiger partial charge is 0.487 e. The summed E-state index contributed by atoms with van der Waals surface area (Å²) in [7, 11) is 0. The molecule has 1 aromatic rings. The Kier molecular flexibility index (Phi) is 4.32. The molecule has 4 nitrogen and oxygen atoms in total. The Bertz CT molecular complexity index is 645. The molecule has 0 bridgehead atoms. The second-order valence-corrected chi connectivity index (χ2v) is 6.54. The van der Waals surface area contributed by atoms with E-state index in [1.807, 2.05) is 27.7 Å². The van der Waals surface area contributed by atoms with Crippen LogP contribution in [-0.4, -0.2) is 17.4 Å². The number of fused-ring (bicyclic) bond motifs is 1. The molecule has 1 aromatic carbocycles. The lowest BCUT2D eigenvalue weighted by Gasteiger charge is -2.37. The first-order valence-electron chi connectivity index (χ1n) is 7.64. The SMILES string of the molecule is CC(=O)CC1(C)CCc2c(C)c(OC(C)=O)c(C)c(C)c2O1.